The summed E-state index contributed by atoms with van der Waals surface area (Å²) in [5, 5.41) is 4.46. The van der Waals surface area contributed by atoms with E-state index in [0.717, 1.165) is 66.5 Å². The molecule has 1 aromatic heterocycles. The molecule has 0 spiro atoms. The first-order chi connectivity index (χ1) is 20.5. The van der Waals surface area contributed by atoms with Crippen LogP contribution in [0.3, 0.4) is 0 Å². The molecule has 2 aliphatic rings. The molecule has 2 atom stereocenters. The van der Waals surface area contributed by atoms with Crippen LogP contribution >= 0.6 is 0 Å². The Labute approximate surface area is 253 Å². The minimum atomic E-state index is -5.14. The van der Waals surface area contributed by atoms with Crippen LogP contribution in [-0.2, 0) is 23.0 Å². The van der Waals surface area contributed by atoms with Crippen molar-refractivity contribution in [3.05, 3.63) is 68.1 Å². The van der Waals surface area contributed by atoms with E-state index < -0.39 is 38.9 Å². The second-order valence-corrected chi connectivity index (χ2v) is 13.6. The highest BCUT2D eigenvalue weighted by Crippen LogP contribution is 2.37. The van der Waals surface area contributed by atoms with Crippen molar-refractivity contribution >= 4 is 32.6 Å². The Morgan fingerprint density at radius 3 is 2.48 bits per heavy atom. The van der Waals surface area contributed by atoms with E-state index in [4.69, 9.17) is 9.56 Å². The molecule has 2 unspecified atom stereocenters. The number of nitrogens with zero attached hydrogens (tertiary/aromatic N) is 3. The van der Waals surface area contributed by atoms with Gasteiger partial charge in [0.1, 0.15) is 16.6 Å². The normalized spacial score (nSPS) is 18.8. The minimum Gasteiger partial charge on any atom is -0.422 e. The lowest BCUT2D eigenvalue weighted by molar-refractivity contribution is -0.274. The number of hydrogen-bond donors (Lipinski definition) is 1. The van der Waals surface area contributed by atoms with E-state index in [1.807, 2.05) is 13.8 Å². The average Bonchev–Trinajstić information content (AvgIpc) is 2.94. The highest BCUT2D eigenvalue weighted by molar-refractivity contribution is 7.89. The van der Waals surface area contributed by atoms with Gasteiger partial charge in [-0.15, -0.1) is 13.2 Å². The van der Waals surface area contributed by atoms with Crippen molar-refractivity contribution in [1.29, 1.82) is 0 Å². The van der Waals surface area contributed by atoms with Gasteiger partial charge in [-0.05, 0) is 70.5 Å². The van der Waals surface area contributed by atoms with Gasteiger partial charge in [0.2, 0.25) is 10.0 Å². The third-order valence-corrected chi connectivity index (χ3v) is 10.0. The second kappa shape index (κ2) is 11.4. The maximum Gasteiger partial charge on any atom is 0.573 e. The number of amides is 1. The van der Waals surface area contributed by atoms with Crippen LogP contribution in [-0.4, -0.2) is 69.8 Å². The van der Waals surface area contributed by atoms with E-state index in [2.05, 4.69) is 34.6 Å². The molecule has 0 bridgehead atoms. The summed E-state index contributed by atoms with van der Waals surface area (Å²) in [6, 6.07) is 5.62. The molecule has 1 fully saturated rings. The summed E-state index contributed by atoms with van der Waals surface area (Å²) >= 11 is 0. The summed E-state index contributed by atoms with van der Waals surface area (Å²) in [4.78, 5) is 32.7. The maximum atomic E-state index is 13.5. The number of carbonyl (C=O) groups is 1. The summed E-state index contributed by atoms with van der Waals surface area (Å²) in [5.41, 5.74) is 3.37. The summed E-state index contributed by atoms with van der Waals surface area (Å²) in [6.45, 7) is 9.89. The van der Waals surface area contributed by atoms with E-state index in [1.165, 1.54) is 11.0 Å². The average molecular weight is 637 g/mol. The van der Waals surface area contributed by atoms with Crippen molar-refractivity contribution in [3.8, 4) is 5.75 Å². The van der Waals surface area contributed by atoms with Crippen LogP contribution < -0.4 is 20.4 Å². The van der Waals surface area contributed by atoms with Gasteiger partial charge in [-0.2, -0.15) is 0 Å². The number of fused-ring (bicyclic) bond motifs is 3. The Balaban J connectivity index is 1.48. The number of piperazine rings is 1. The summed E-state index contributed by atoms with van der Waals surface area (Å²) < 4.78 is 73.2. The molecule has 2 aliphatic heterocycles. The third-order valence-electron chi connectivity index (χ3n) is 8.79. The van der Waals surface area contributed by atoms with Crippen LogP contribution in [0.25, 0.3) is 11.0 Å². The van der Waals surface area contributed by atoms with E-state index in [0.29, 0.717) is 23.6 Å². The number of hydrogen-bond acceptors (Lipinski definition) is 8. The second-order valence-electron chi connectivity index (χ2n) is 11.7. The molecule has 44 heavy (non-hydrogen) atoms. The van der Waals surface area contributed by atoms with Crippen LogP contribution in [0.2, 0.25) is 0 Å². The molecule has 2 N–H and O–H groups in total. The van der Waals surface area contributed by atoms with Gasteiger partial charge in [-0.3, -0.25) is 4.79 Å². The van der Waals surface area contributed by atoms with Gasteiger partial charge < -0.3 is 23.9 Å². The Morgan fingerprint density at radius 1 is 1.14 bits per heavy atom. The zero-order valence-electron chi connectivity index (χ0n) is 25.1. The Bertz CT molecular complexity index is 1810. The van der Waals surface area contributed by atoms with Crippen LogP contribution in [0, 0.1) is 13.8 Å². The van der Waals surface area contributed by atoms with Gasteiger partial charge in [-0.1, -0.05) is 6.07 Å². The molecule has 3 heterocycles. The Morgan fingerprint density at radius 2 is 1.84 bits per heavy atom. The van der Waals surface area contributed by atoms with E-state index in [-0.39, 0.29) is 24.2 Å². The number of likely N-dealkylation sites (N-methyl/N-ethyl adjacent to an activating group) is 1. The largest absolute Gasteiger partial charge is 0.573 e. The van der Waals surface area contributed by atoms with Crippen molar-refractivity contribution in [2.45, 2.75) is 58.3 Å². The van der Waals surface area contributed by atoms with Gasteiger partial charge in [-0.25, -0.2) is 18.4 Å². The zero-order chi connectivity index (χ0) is 32.3. The fraction of sp³-hybridized carbons (Fsp3) is 0.467. The quantitative estimate of drug-likeness (QED) is 0.417. The van der Waals surface area contributed by atoms with E-state index in [9.17, 15) is 31.2 Å². The number of sulfonamides is 1. The molecule has 14 heteroatoms. The van der Waals surface area contributed by atoms with Crippen LogP contribution in [0.1, 0.15) is 57.3 Å². The van der Waals surface area contributed by atoms with E-state index >= 15 is 0 Å². The van der Waals surface area contributed by atoms with Crippen molar-refractivity contribution in [2.24, 2.45) is 5.14 Å². The lowest BCUT2D eigenvalue weighted by Crippen LogP contribution is -2.50. The number of aryl methyl sites for hydroxylation is 2. The van der Waals surface area contributed by atoms with Gasteiger partial charge in [0, 0.05) is 60.0 Å². The fourth-order valence-corrected chi connectivity index (χ4v) is 6.65. The van der Waals surface area contributed by atoms with Crippen molar-refractivity contribution in [2.75, 3.05) is 38.1 Å². The molecule has 0 radical (unpaired) electrons. The first kappa shape index (κ1) is 31.8. The number of benzene rings is 2. The number of alkyl halides is 3. The lowest BCUT2D eigenvalue weighted by atomic mass is 9.92. The summed E-state index contributed by atoms with van der Waals surface area (Å²) in [5.74, 6) is -1.49. The number of anilines is 1. The fourth-order valence-electron chi connectivity index (χ4n) is 6.10. The molecule has 0 saturated carbocycles. The molecule has 238 valence electrons. The molecule has 0 aliphatic carbocycles. The predicted molar refractivity (Wildman–Crippen MR) is 159 cm³/mol. The third kappa shape index (κ3) is 6.02. The van der Waals surface area contributed by atoms with Crippen molar-refractivity contribution in [3.63, 3.8) is 0 Å². The van der Waals surface area contributed by atoms with Crippen LogP contribution in [0.4, 0.5) is 18.9 Å². The monoisotopic (exact) mass is 636 g/mol. The summed E-state index contributed by atoms with van der Waals surface area (Å²) in [6.07, 6.45) is -4.81. The molecule has 5 rings (SSSR count). The summed E-state index contributed by atoms with van der Waals surface area (Å²) in [7, 11) is -2.16. The molecule has 3 aromatic rings. The molecule has 1 saturated heterocycles. The first-order valence-corrected chi connectivity index (χ1v) is 15.8. The van der Waals surface area contributed by atoms with Crippen LogP contribution in [0.5, 0.6) is 5.75 Å². The Kier molecular flexibility index (Phi) is 8.23. The van der Waals surface area contributed by atoms with Gasteiger partial charge in [0.25, 0.3) is 5.91 Å². The van der Waals surface area contributed by atoms with Gasteiger partial charge in [0.15, 0.2) is 0 Å². The van der Waals surface area contributed by atoms with Crippen LogP contribution in [0.15, 0.2) is 33.5 Å². The minimum absolute atomic E-state index is 0.104. The van der Waals surface area contributed by atoms with Gasteiger partial charge in [0.05, 0.1) is 12.1 Å². The number of halogens is 3. The predicted octanol–water partition coefficient (Wildman–Crippen LogP) is 4.00. The molecule has 1 amide bonds. The number of ether oxygens (including phenoxy) is 1. The highest BCUT2D eigenvalue weighted by Gasteiger charge is 2.35. The Hall–Kier alpha value is -3.62. The number of nitrogens with two attached hydrogens (primary N) is 1. The molecule has 10 nitrogen and oxygen atoms in total. The number of rotatable bonds is 5. The number of carbonyl (C=O) groups excluding carboxylic acids is 1. The first-order valence-electron chi connectivity index (χ1n) is 14.2. The zero-order valence-corrected chi connectivity index (χ0v) is 25.9. The topological polar surface area (TPSA) is 126 Å². The molecule has 2 aromatic carbocycles. The van der Waals surface area contributed by atoms with E-state index in [1.54, 1.807) is 0 Å². The molecular weight excluding hydrogens is 601 g/mol. The highest BCUT2D eigenvalue weighted by atomic mass is 32.2. The smallest absolute Gasteiger partial charge is 0.422 e. The SMILES string of the molecule is Cc1c(N2CCN(C)C(C)C2)cc(C)c2c3c(c(=O)oc12)CN(C(=O)c1ccc(C(C)S(N)(=O)=O)c(OC(F)(F)F)c1)CC3. The van der Waals surface area contributed by atoms with Crippen molar-refractivity contribution in [1.82, 2.24) is 9.80 Å². The standard InChI is InChI=1S/C30H35F3N4O6S/c1-16-12-24(36-11-10-35(5)17(2)14-36)18(3)27-26(16)22-8-9-37(15-23(22)29(39)42-27)28(38)20-6-7-21(19(4)44(34,40)41)25(13-20)43-30(31,32)33/h6-7,12-13,17,19H,8-11,14-15H2,1-5H3,(H2,34,40,41). The maximum absolute atomic E-state index is 13.5. The lowest BCUT2D eigenvalue weighted by Gasteiger charge is -2.40. The van der Waals surface area contributed by atoms with Gasteiger partial charge >= 0.3 is 12.0 Å². The molecular formula is C30H35F3N4O6S. The number of primary sulfonamides is 1. The van der Waals surface area contributed by atoms with Crippen molar-refractivity contribution < 1.29 is 35.5 Å².